The first-order valence-corrected chi connectivity index (χ1v) is 6.19. The van der Waals surface area contributed by atoms with Crippen LogP contribution in [0.15, 0.2) is 5.38 Å². The number of aromatic nitrogens is 1. The van der Waals surface area contributed by atoms with Crippen LogP contribution in [-0.2, 0) is 6.42 Å². The zero-order chi connectivity index (χ0) is 10.4. The van der Waals surface area contributed by atoms with Gasteiger partial charge in [0.15, 0.2) is 0 Å². The monoisotopic (exact) mass is 213 g/mol. The van der Waals surface area contributed by atoms with Crippen molar-refractivity contribution in [3.63, 3.8) is 0 Å². The molecule has 14 heavy (non-hydrogen) atoms. The highest BCUT2D eigenvalue weighted by molar-refractivity contribution is 7.09. The number of hydrogen-bond donors (Lipinski definition) is 1. The third kappa shape index (κ3) is 4.20. The van der Waals surface area contributed by atoms with Crippen molar-refractivity contribution in [2.45, 2.75) is 52.1 Å². The molecule has 0 aromatic carbocycles. The molecule has 0 aliphatic carbocycles. The summed E-state index contributed by atoms with van der Waals surface area (Å²) in [5.74, 6) is 0. The van der Waals surface area contributed by atoms with Crippen LogP contribution >= 0.6 is 11.3 Å². The lowest BCUT2D eigenvalue weighted by atomic mass is 10.1. The summed E-state index contributed by atoms with van der Waals surface area (Å²) in [5, 5.41) is 12.8. The van der Waals surface area contributed by atoms with Gasteiger partial charge in [-0.3, -0.25) is 0 Å². The van der Waals surface area contributed by atoms with Crippen LogP contribution < -0.4 is 0 Å². The van der Waals surface area contributed by atoms with Gasteiger partial charge in [0.1, 0.15) is 0 Å². The van der Waals surface area contributed by atoms with Gasteiger partial charge in [0.25, 0.3) is 0 Å². The molecule has 0 saturated heterocycles. The summed E-state index contributed by atoms with van der Waals surface area (Å²) in [6, 6.07) is 0. The highest BCUT2D eigenvalue weighted by atomic mass is 32.1. The molecule has 0 fully saturated rings. The number of rotatable bonds is 6. The molecule has 1 aromatic rings. The Bertz CT molecular complexity index is 260. The van der Waals surface area contributed by atoms with E-state index in [1.807, 2.05) is 12.3 Å². The van der Waals surface area contributed by atoms with E-state index in [-0.39, 0.29) is 6.10 Å². The molecule has 1 heterocycles. The van der Waals surface area contributed by atoms with Crippen LogP contribution in [-0.4, -0.2) is 16.2 Å². The number of thiazole rings is 1. The Hall–Kier alpha value is -0.410. The maximum Gasteiger partial charge on any atom is 0.0953 e. The van der Waals surface area contributed by atoms with E-state index < -0.39 is 0 Å². The smallest absolute Gasteiger partial charge is 0.0953 e. The Morgan fingerprint density at radius 1 is 1.50 bits per heavy atom. The molecule has 1 unspecified atom stereocenters. The second-order valence-corrected chi connectivity index (χ2v) is 4.68. The number of hydrogen-bond acceptors (Lipinski definition) is 3. The van der Waals surface area contributed by atoms with Crippen LogP contribution in [0, 0.1) is 6.92 Å². The molecule has 2 nitrogen and oxygen atoms in total. The summed E-state index contributed by atoms with van der Waals surface area (Å²) in [7, 11) is 0. The Morgan fingerprint density at radius 3 is 2.86 bits per heavy atom. The second-order valence-electron chi connectivity index (χ2n) is 3.74. The van der Waals surface area contributed by atoms with Gasteiger partial charge in [0.05, 0.1) is 11.1 Å². The fourth-order valence-electron chi connectivity index (χ4n) is 1.43. The van der Waals surface area contributed by atoms with Crippen molar-refractivity contribution in [2.24, 2.45) is 0 Å². The fraction of sp³-hybridized carbons (Fsp3) is 0.727. The van der Waals surface area contributed by atoms with E-state index in [0.717, 1.165) is 30.0 Å². The quantitative estimate of drug-likeness (QED) is 0.737. The Kier molecular flexibility index (Phi) is 5.12. The van der Waals surface area contributed by atoms with Gasteiger partial charge >= 0.3 is 0 Å². The molecule has 0 spiro atoms. The normalized spacial score (nSPS) is 13.1. The van der Waals surface area contributed by atoms with Crippen molar-refractivity contribution in [1.82, 2.24) is 4.98 Å². The maximum atomic E-state index is 9.71. The van der Waals surface area contributed by atoms with Crippen molar-refractivity contribution >= 4 is 11.3 Å². The molecule has 3 heteroatoms. The van der Waals surface area contributed by atoms with Gasteiger partial charge in [0.2, 0.25) is 0 Å². The van der Waals surface area contributed by atoms with Crippen LogP contribution in [0.5, 0.6) is 0 Å². The Morgan fingerprint density at radius 2 is 2.29 bits per heavy atom. The van der Waals surface area contributed by atoms with Crippen molar-refractivity contribution in [2.75, 3.05) is 0 Å². The van der Waals surface area contributed by atoms with Crippen LogP contribution in [0.4, 0.5) is 0 Å². The molecule has 1 N–H and O–H groups in total. The molecule has 0 aliphatic rings. The van der Waals surface area contributed by atoms with Crippen molar-refractivity contribution in [3.8, 4) is 0 Å². The zero-order valence-corrected chi connectivity index (χ0v) is 9.81. The number of aliphatic hydroxyl groups excluding tert-OH is 1. The van der Waals surface area contributed by atoms with Crippen molar-refractivity contribution in [1.29, 1.82) is 0 Å². The largest absolute Gasteiger partial charge is 0.393 e. The van der Waals surface area contributed by atoms with Gasteiger partial charge in [0, 0.05) is 17.5 Å². The standard InChI is InChI=1S/C11H19NOS/c1-3-4-5-6-10(13)7-11-12-9(2)8-14-11/h8,10,13H,3-7H2,1-2H3. The van der Waals surface area contributed by atoms with Crippen LogP contribution in [0.3, 0.4) is 0 Å². The first-order chi connectivity index (χ1) is 6.72. The predicted molar refractivity (Wildman–Crippen MR) is 60.7 cm³/mol. The summed E-state index contributed by atoms with van der Waals surface area (Å²) in [5.41, 5.74) is 1.06. The zero-order valence-electron chi connectivity index (χ0n) is 8.99. The summed E-state index contributed by atoms with van der Waals surface area (Å²) >= 11 is 1.65. The van der Waals surface area contributed by atoms with Gasteiger partial charge in [-0.05, 0) is 13.3 Å². The van der Waals surface area contributed by atoms with E-state index in [0.29, 0.717) is 0 Å². The van der Waals surface area contributed by atoms with E-state index in [9.17, 15) is 5.11 Å². The molecule has 0 radical (unpaired) electrons. The molecule has 0 saturated carbocycles. The highest BCUT2D eigenvalue weighted by Gasteiger charge is 2.07. The van der Waals surface area contributed by atoms with Crippen LogP contribution in [0.25, 0.3) is 0 Å². The van der Waals surface area contributed by atoms with Crippen LogP contribution in [0.2, 0.25) is 0 Å². The van der Waals surface area contributed by atoms with E-state index in [1.54, 1.807) is 11.3 Å². The Labute approximate surface area is 90.0 Å². The fourth-order valence-corrected chi connectivity index (χ4v) is 2.27. The average Bonchev–Trinajstić information content (AvgIpc) is 2.52. The first kappa shape index (κ1) is 11.7. The minimum Gasteiger partial charge on any atom is -0.393 e. The lowest BCUT2D eigenvalue weighted by Gasteiger charge is -2.07. The van der Waals surface area contributed by atoms with Gasteiger partial charge < -0.3 is 5.11 Å². The van der Waals surface area contributed by atoms with E-state index in [2.05, 4.69) is 11.9 Å². The molecule has 1 atom stereocenters. The molecule has 80 valence electrons. The minimum absolute atomic E-state index is 0.202. The maximum absolute atomic E-state index is 9.71. The number of unbranched alkanes of at least 4 members (excludes halogenated alkanes) is 2. The first-order valence-electron chi connectivity index (χ1n) is 5.31. The second kappa shape index (κ2) is 6.14. The SMILES string of the molecule is CCCCCC(O)Cc1nc(C)cs1. The van der Waals surface area contributed by atoms with E-state index >= 15 is 0 Å². The lowest BCUT2D eigenvalue weighted by Crippen LogP contribution is -2.09. The number of nitrogens with zero attached hydrogens (tertiary/aromatic N) is 1. The molecule has 0 amide bonds. The molecular formula is C11H19NOS. The van der Waals surface area contributed by atoms with Crippen molar-refractivity contribution < 1.29 is 5.11 Å². The summed E-state index contributed by atoms with van der Waals surface area (Å²) in [6.45, 7) is 4.17. The summed E-state index contributed by atoms with van der Waals surface area (Å²) in [6.07, 6.45) is 4.99. The third-order valence-electron chi connectivity index (χ3n) is 2.22. The minimum atomic E-state index is -0.202. The van der Waals surface area contributed by atoms with Gasteiger partial charge in [-0.25, -0.2) is 4.98 Å². The van der Waals surface area contributed by atoms with Crippen LogP contribution in [0.1, 0.15) is 43.3 Å². The molecule has 0 aliphatic heterocycles. The summed E-state index contributed by atoms with van der Waals surface area (Å²) in [4.78, 5) is 4.34. The molecular weight excluding hydrogens is 194 g/mol. The number of aliphatic hydroxyl groups is 1. The highest BCUT2D eigenvalue weighted by Crippen LogP contribution is 2.13. The summed E-state index contributed by atoms with van der Waals surface area (Å²) < 4.78 is 0. The van der Waals surface area contributed by atoms with Gasteiger partial charge in [-0.2, -0.15) is 0 Å². The average molecular weight is 213 g/mol. The Balaban J connectivity index is 2.23. The lowest BCUT2D eigenvalue weighted by molar-refractivity contribution is 0.161. The molecule has 1 aromatic heterocycles. The number of aryl methyl sites for hydroxylation is 1. The molecule has 0 bridgehead atoms. The third-order valence-corrected chi connectivity index (χ3v) is 3.21. The molecule has 1 rings (SSSR count). The predicted octanol–water partition coefficient (Wildman–Crippen LogP) is 2.94. The van der Waals surface area contributed by atoms with Crippen molar-refractivity contribution in [3.05, 3.63) is 16.1 Å². The van der Waals surface area contributed by atoms with Gasteiger partial charge in [-0.1, -0.05) is 26.2 Å². The van der Waals surface area contributed by atoms with E-state index in [4.69, 9.17) is 0 Å². The van der Waals surface area contributed by atoms with Gasteiger partial charge in [-0.15, -0.1) is 11.3 Å². The topological polar surface area (TPSA) is 33.1 Å². The van der Waals surface area contributed by atoms with E-state index in [1.165, 1.54) is 12.8 Å².